The first-order valence-electron chi connectivity index (χ1n) is 4.83. The van der Waals surface area contributed by atoms with Crippen molar-refractivity contribution < 1.29 is 0 Å². The molecule has 84 valence electrons. The molecule has 5 nitrogen and oxygen atoms in total. The molecule has 0 spiro atoms. The molecule has 0 atom stereocenters. The Labute approximate surface area is 97.2 Å². The SMILES string of the molecule is Cc1cc(C)n(C)c(=O)c1-c1nc(=S)[nH][nH]1. The molecule has 2 aromatic rings. The average Bonchev–Trinajstić information content (AvgIpc) is 2.61. The van der Waals surface area contributed by atoms with E-state index in [1.807, 2.05) is 19.9 Å². The van der Waals surface area contributed by atoms with Crippen LogP contribution in [-0.2, 0) is 7.05 Å². The summed E-state index contributed by atoms with van der Waals surface area (Å²) in [5.74, 6) is 0.489. The molecule has 0 aliphatic heterocycles. The lowest BCUT2D eigenvalue weighted by molar-refractivity contribution is 0.815. The lowest BCUT2D eigenvalue weighted by atomic mass is 10.1. The van der Waals surface area contributed by atoms with Crippen LogP contribution in [0.15, 0.2) is 10.9 Å². The minimum atomic E-state index is -0.0738. The van der Waals surface area contributed by atoms with Gasteiger partial charge in [0.2, 0.25) is 4.77 Å². The van der Waals surface area contributed by atoms with Gasteiger partial charge >= 0.3 is 0 Å². The van der Waals surface area contributed by atoms with Crippen molar-refractivity contribution in [2.45, 2.75) is 13.8 Å². The maximum absolute atomic E-state index is 12.1. The lowest BCUT2D eigenvalue weighted by Gasteiger charge is -2.08. The maximum atomic E-state index is 12.1. The largest absolute Gasteiger partial charge is 0.315 e. The third-order valence-electron chi connectivity index (χ3n) is 2.61. The van der Waals surface area contributed by atoms with Crippen molar-refractivity contribution in [3.63, 3.8) is 0 Å². The molecular formula is C10H12N4OS. The van der Waals surface area contributed by atoms with E-state index in [1.54, 1.807) is 11.6 Å². The van der Waals surface area contributed by atoms with Crippen LogP contribution in [0.1, 0.15) is 11.3 Å². The second-order valence-corrected chi connectivity index (χ2v) is 4.11. The fraction of sp³-hybridized carbons (Fsp3) is 0.300. The Morgan fingerprint density at radius 3 is 2.62 bits per heavy atom. The topological polar surface area (TPSA) is 66.5 Å². The van der Waals surface area contributed by atoms with Gasteiger partial charge in [-0.1, -0.05) is 0 Å². The van der Waals surface area contributed by atoms with Gasteiger partial charge < -0.3 is 4.57 Å². The van der Waals surface area contributed by atoms with Crippen LogP contribution in [0.25, 0.3) is 11.4 Å². The standard InChI is InChI=1S/C10H12N4OS/c1-5-4-6(2)14(3)9(15)7(5)8-11-10(16)13-12-8/h4H,1-3H3,(H2,11,12,13,16). The summed E-state index contributed by atoms with van der Waals surface area (Å²) in [4.78, 5) is 16.1. The second-order valence-electron chi connectivity index (χ2n) is 3.72. The van der Waals surface area contributed by atoms with E-state index in [-0.39, 0.29) is 5.56 Å². The molecule has 0 radical (unpaired) electrons. The zero-order chi connectivity index (χ0) is 11.9. The Kier molecular flexibility index (Phi) is 2.51. The molecule has 6 heteroatoms. The van der Waals surface area contributed by atoms with Crippen LogP contribution in [0.4, 0.5) is 0 Å². The summed E-state index contributed by atoms with van der Waals surface area (Å²) in [7, 11) is 1.74. The number of hydrogen-bond acceptors (Lipinski definition) is 3. The summed E-state index contributed by atoms with van der Waals surface area (Å²) in [6, 6.07) is 1.95. The number of hydrogen-bond donors (Lipinski definition) is 2. The van der Waals surface area contributed by atoms with Gasteiger partial charge in [-0.15, -0.1) is 0 Å². The summed E-state index contributed by atoms with van der Waals surface area (Å²) in [6.45, 7) is 3.78. The Hall–Kier alpha value is -1.69. The molecule has 2 heterocycles. The number of nitrogens with one attached hydrogen (secondary N) is 2. The quantitative estimate of drug-likeness (QED) is 0.736. The van der Waals surface area contributed by atoms with Gasteiger partial charge in [-0.25, -0.2) is 0 Å². The van der Waals surface area contributed by atoms with E-state index in [1.165, 1.54) is 0 Å². The summed E-state index contributed by atoms with van der Waals surface area (Å²) in [6.07, 6.45) is 0. The Morgan fingerprint density at radius 1 is 1.38 bits per heavy atom. The normalized spacial score (nSPS) is 10.7. The van der Waals surface area contributed by atoms with Crippen LogP contribution in [0.2, 0.25) is 0 Å². The van der Waals surface area contributed by atoms with E-state index in [4.69, 9.17) is 12.2 Å². The number of aryl methyl sites for hydroxylation is 2. The van der Waals surface area contributed by atoms with Crippen LogP contribution >= 0.6 is 12.2 Å². The first-order chi connectivity index (χ1) is 7.50. The summed E-state index contributed by atoms with van der Waals surface area (Å²) < 4.78 is 1.94. The predicted molar refractivity (Wildman–Crippen MR) is 63.9 cm³/mol. The highest BCUT2D eigenvalue weighted by atomic mass is 32.1. The van der Waals surface area contributed by atoms with Crippen molar-refractivity contribution in [2.75, 3.05) is 0 Å². The van der Waals surface area contributed by atoms with Gasteiger partial charge in [-0.05, 0) is 37.7 Å². The lowest BCUT2D eigenvalue weighted by Crippen LogP contribution is -2.22. The Balaban J connectivity index is 2.80. The fourth-order valence-corrected chi connectivity index (χ4v) is 1.80. The fourth-order valence-electron chi connectivity index (χ4n) is 1.66. The molecule has 0 amide bonds. The van der Waals surface area contributed by atoms with Gasteiger partial charge in [0.05, 0.1) is 5.56 Å². The molecule has 0 fully saturated rings. The van der Waals surface area contributed by atoms with E-state index >= 15 is 0 Å². The van der Waals surface area contributed by atoms with Crippen LogP contribution in [-0.4, -0.2) is 19.7 Å². The molecule has 0 saturated carbocycles. The van der Waals surface area contributed by atoms with Gasteiger partial charge in [0.15, 0.2) is 5.82 Å². The summed E-state index contributed by atoms with van der Waals surface area (Å²) >= 11 is 4.87. The Bertz CT molecular complexity index is 650. The summed E-state index contributed by atoms with van der Waals surface area (Å²) in [5, 5.41) is 5.48. The van der Waals surface area contributed by atoms with Gasteiger partial charge in [0.1, 0.15) is 0 Å². The van der Waals surface area contributed by atoms with E-state index in [9.17, 15) is 4.79 Å². The van der Waals surface area contributed by atoms with Gasteiger partial charge in [-0.2, -0.15) is 4.98 Å². The van der Waals surface area contributed by atoms with Crippen molar-refractivity contribution in [1.29, 1.82) is 0 Å². The molecule has 2 N–H and O–H groups in total. The molecule has 0 saturated heterocycles. The number of aromatic nitrogens is 4. The molecule has 0 unspecified atom stereocenters. The van der Waals surface area contributed by atoms with Gasteiger partial charge in [0.25, 0.3) is 5.56 Å². The van der Waals surface area contributed by atoms with Crippen LogP contribution in [0.3, 0.4) is 0 Å². The van der Waals surface area contributed by atoms with E-state index in [0.717, 1.165) is 11.3 Å². The van der Waals surface area contributed by atoms with E-state index in [0.29, 0.717) is 16.2 Å². The minimum Gasteiger partial charge on any atom is -0.315 e. The first-order valence-corrected chi connectivity index (χ1v) is 5.24. The third kappa shape index (κ3) is 1.61. The first kappa shape index (κ1) is 10.8. The van der Waals surface area contributed by atoms with E-state index in [2.05, 4.69) is 15.2 Å². The number of H-pyrrole nitrogens is 2. The predicted octanol–water partition coefficient (Wildman–Crippen LogP) is 1.45. The molecule has 2 rings (SSSR count). The second kappa shape index (κ2) is 3.71. The number of pyridine rings is 1. The monoisotopic (exact) mass is 236 g/mol. The molecular weight excluding hydrogens is 224 g/mol. The van der Waals surface area contributed by atoms with Crippen molar-refractivity contribution in [1.82, 2.24) is 19.7 Å². The molecule has 2 aromatic heterocycles. The van der Waals surface area contributed by atoms with E-state index < -0.39 is 0 Å². The molecule has 0 aliphatic carbocycles. The smallest absolute Gasteiger partial charge is 0.261 e. The van der Waals surface area contributed by atoms with Crippen molar-refractivity contribution in [3.8, 4) is 11.4 Å². The van der Waals surface area contributed by atoms with Crippen molar-refractivity contribution >= 4 is 12.2 Å². The molecule has 0 aromatic carbocycles. The maximum Gasteiger partial charge on any atom is 0.261 e. The highest BCUT2D eigenvalue weighted by molar-refractivity contribution is 7.71. The zero-order valence-electron chi connectivity index (χ0n) is 9.29. The minimum absolute atomic E-state index is 0.0738. The van der Waals surface area contributed by atoms with Crippen LogP contribution in [0, 0.1) is 18.6 Å². The molecule has 0 aliphatic rings. The van der Waals surface area contributed by atoms with Gasteiger partial charge in [-0.3, -0.25) is 15.0 Å². The number of rotatable bonds is 1. The highest BCUT2D eigenvalue weighted by Gasteiger charge is 2.12. The van der Waals surface area contributed by atoms with Crippen molar-refractivity contribution in [3.05, 3.63) is 32.4 Å². The average molecular weight is 236 g/mol. The Morgan fingerprint density at radius 2 is 2.06 bits per heavy atom. The number of nitrogens with zero attached hydrogens (tertiary/aromatic N) is 2. The number of aromatic amines is 2. The van der Waals surface area contributed by atoms with Gasteiger partial charge in [0, 0.05) is 12.7 Å². The molecule has 0 bridgehead atoms. The van der Waals surface area contributed by atoms with Crippen LogP contribution in [0.5, 0.6) is 0 Å². The van der Waals surface area contributed by atoms with Crippen LogP contribution < -0.4 is 5.56 Å². The third-order valence-corrected chi connectivity index (χ3v) is 2.80. The summed E-state index contributed by atoms with van der Waals surface area (Å²) in [5.41, 5.74) is 2.29. The highest BCUT2D eigenvalue weighted by Crippen LogP contribution is 2.15. The molecule has 16 heavy (non-hydrogen) atoms. The van der Waals surface area contributed by atoms with Crippen molar-refractivity contribution in [2.24, 2.45) is 7.05 Å². The zero-order valence-corrected chi connectivity index (χ0v) is 10.1.